The molecule has 0 amide bonds. The Morgan fingerprint density at radius 3 is 2.33 bits per heavy atom. The van der Waals surface area contributed by atoms with Crippen molar-refractivity contribution < 1.29 is 19.1 Å². The van der Waals surface area contributed by atoms with Gasteiger partial charge in [0.1, 0.15) is 0 Å². The molecule has 0 aromatic heterocycles. The van der Waals surface area contributed by atoms with Crippen molar-refractivity contribution >= 4 is 11.9 Å². The van der Waals surface area contributed by atoms with Gasteiger partial charge in [0.15, 0.2) is 0 Å². The van der Waals surface area contributed by atoms with E-state index in [0.717, 1.165) is 12.5 Å². The highest BCUT2D eigenvalue weighted by atomic mass is 16.5. The first-order valence-electron chi connectivity index (χ1n) is 5.15. The summed E-state index contributed by atoms with van der Waals surface area (Å²) in [5.41, 5.74) is 0. The average Bonchev–Trinajstić information content (AvgIpc) is 2.23. The van der Waals surface area contributed by atoms with Crippen LogP contribution in [0.15, 0.2) is 12.7 Å². The molecule has 0 aromatic carbocycles. The first kappa shape index (κ1) is 13.7. The molecule has 0 saturated carbocycles. The normalized spacial score (nSPS) is 9.40. The van der Waals surface area contributed by atoms with E-state index in [1.807, 2.05) is 6.92 Å². The van der Waals surface area contributed by atoms with Crippen LogP contribution in [0.5, 0.6) is 0 Å². The fourth-order valence-corrected chi connectivity index (χ4v) is 0.898. The van der Waals surface area contributed by atoms with Crippen molar-refractivity contribution in [2.24, 2.45) is 0 Å². The summed E-state index contributed by atoms with van der Waals surface area (Å²) in [4.78, 5) is 21.5. The second-order valence-electron chi connectivity index (χ2n) is 3.05. The van der Waals surface area contributed by atoms with Crippen LogP contribution >= 0.6 is 0 Å². The predicted octanol–water partition coefficient (Wildman–Crippen LogP) is 1.84. The van der Waals surface area contributed by atoms with Gasteiger partial charge in [-0.15, -0.1) is 0 Å². The molecule has 4 nitrogen and oxygen atoms in total. The van der Waals surface area contributed by atoms with Crippen LogP contribution in [0.1, 0.15) is 32.6 Å². The Morgan fingerprint density at radius 1 is 1.20 bits per heavy atom. The standard InChI is InChI=1S/C11H18O4/c1-3-7-11(13)15-9-6-5-8-14-10(12)4-2/h4H,2-3,5-9H2,1H3. The highest BCUT2D eigenvalue weighted by molar-refractivity contribution is 5.81. The molecular formula is C11H18O4. The molecule has 0 atom stereocenters. The summed E-state index contributed by atoms with van der Waals surface area (Å²) >= 11 is 0. The van der Waals surface area contributed by atoms with Crippen molar-refractivity contribution in [1.29, 1.82) is 0 Å². The SMILES string of the molecule is C=CC(=O)OCCCCOC(=O)CCC. The number of rotatable bonds is 8. The van der Waals surface area contributed by atoms with Gasteiger partial charge >= 0.3 is 11.9 Å². The largest absolute Gasteiger partial charge is 0.466 e. The van der Waals surface area contributed by atoms with Crippen molar-refractivity contribution in [1.82, 2.24) is 0 Å². The Bertz CT molecular complexity index is 211. The van der Waals surface area contributed by atoms with Crippen molar-refractivity contribution in [3.05, 3.63) is 12.7 Å². The summed E-state index contributed by atoms with van der Waals surface area (Å²) in [6, 6.07) is 0. The number of carbonyl (C=O) groups is 2. The van der Waals surface area contributed by atoms with Gasteiger partial charge in [0.2, 0.25) is 0 Å². The maximum Gasteiger partial charge on any atom is 0.330 e. The lowest BCUT2D eigenvalue weighted by Crippen LogP contribution is -2.07. The average molecular weight is 214 g/mol. The summed E-state index contributed by atoms with van der Waals surface area (Å²) in [5, 5.41) is 0. The van der Waals surface area contributed by atoms with Crippen LogP contribution in [0.4, 0.5) is 0 Å². The zero-order chi connectivity index (χ0) is 11.5. The quantitative estimate of drug-likeness (QED) is 0.351. The predicted molar refractivity (Wildman–Crippen MR) is 56.3 cm³/mol. The number of esters is 2. The molecule has 0 aromatic rings. The monoisotopic (exact) mass is 214 g/mol. The molecule has 0 unspecified atom stereocenters. The van der Waals surface area contributed by atoms with Crippen molar-refractivity contribution in [2.45, 2.75) is 32.6 Å². The summed E-state index contributed by atoms with van der Waals surface area (Å²) in [6.07, 6.45) is 3.79. The topological polar surface area (TPSA) is 52.6 Å². The van der Waals surface area contributed by atoms with Gasteiger partial charge in [-0.3, -0.25) is 4.79 Å². The third-order valence-corrected chi connectivity index (χ3v) is 1.67. The highest BCUT2D eigenvalue weighted by Crippen LogP contribution is 1.96. The van der Waals surface area contributed by atoms with E-state index in [1.54, 1.807) is 0 Å². The lowest BCUT2D eigenvalue weighted by Gasteiger charge is -2.04. The van der Waals surface area contributed by atoms with E-state index in [1.165, 1.54) is 0 Å². The van der Waals surface area contributed by atoms with Gasteiger partial charge in [0, 0.05) is 12.5 Å². The van der Waals surface area contributed by atoms with Gasteiger partial charge in [-0.25, -0.2) is 4.79 Å². The first-order valence-corrected chi connectivity index (χ1v) is 5.15. The van der Waals surface area contributed by atoms with Crippen LogP contribution in [0.25, 0.3) is 0 Å². The fraction of sp³-hybridized carbons (Fsp3) is 0.636. The van der Waals surface area contributed by atoms with Gasteiger partial charge in [-0.2, -0.15) is 0 Å². The fourth-order valence-electron chi connectivity index (χ4n) is 0.898. The van der Waals surface area contributed by atoms with E-state index in [-0.39, 0.29) is 5.97 Å². The lowest BCUT2D eigenvalue weighted by molar-refractivity contribution is -0.144. The molecular weight excluding hydrogens is 196 g/mol. The minimum atomic E-state index is -0.419. The second kappa shape index (κ2) is 9.24. The third-order valence-electron chi connectivity index (χ3n) is 1.67. The molecule has 0 rings (SSSR count). The highest BCUT2D eigenvalue weighted by Gasteiger charge is 2.00. The van der Waals surface area contributed by atoms with Gasteiger partial charge in [0.25, 0.3) is 0 Å². The van der Waals surface area contributed by atoms with Crippen molar-refractivity contribution in [3.63, 3.8) is 0 Å². The van der Waals surface area contributed by atoms with Crippen LogP contribution in [-0.4, -0.2) is 25.2 Å². The Balaban J connectivity index is 3.21. The summed E-state index contributed by atoms with van der Waals surface area (Å²) in [7, 11) is 0. The number of unbranched alkanes of at least 4 members (excludes halogenated alkanes) is 1. The Kier molecular flexibility index (Phi) is 8.43. The third kappa shape index (κ3) is 9.00. The molecule has 4 heteroatoms. The second-order valence-corrected chi connectivity index (χ2v) is 3.05. The first-order chi connectivity index (χ1) is 7.20. The smallest absolute Gasteiger partial charge is 0.330 e. The number of carbonyl (C=O) groups excluding carboxylic acids is 2. The zero-order valence-electron chi connectivity index (χ0n) is 9.16. The molecule has 0 bridgehead atoms. The van der Waals surface area contributed by atoms with Crippen molar-refractivity contribution in [2.75, 3.05) is 13.2 Å². The molecule has 0 spiro atoms. The van der Waals surface area contributed by atoms with E-state index in [2.05, 4.69) is 6.58 Å². The number of hydrogen-bond donors (Lipinski definition) is 0. The number of ether oxygens (including phenoxy) is 2. The molecule has 0 N–H and O–H groups in total. The number of hydrogen-bond acceptors (Lipinski definition) is 4. The van der Waals surface area contributed by atoms with E-state index in [9.17, 15) is 9.59 Å². The molecule has 0 aliphatic heterocycles. The Morgan fingerprint density at radius 2 is 1.80 bits per heavy atom. The summed E-state index contributed by atoms with van der Waals surface area (Å²) < 4.78 is 9.66. The maximum atomic E-state index is 10.9. The van der Waals surface area contributed by atoms with E-state index < -0.39 is 5.97 Å². The van der Waals surface area contributed by atoms with E-state index >= 15 is 0 Å². The molecule has 15 heavy (non-hydrogen) atoms. The molecule has 86 valence electrons. The summed E-state index contributed by atoms with van der Waals surface area (Å²) in [6.45, 7) is 5.94. The van der Waals surface area contributed by atoms with Crippen molar-refractivity contribution in [3.8, 4) is 0 Å². The van der Waals surface area contributed by atoms with Crippen LogP contribution in [0.2, 0.25) is 0 Å². The van der Waals surface area contributed by atoms with Gasteiger partial charge in [0.05, 0.1) is 13.2 Å². The molecule has 0 aliphatic rings. The molecule has 0 saturated heterocycles. The maximum absolute atomic E-state index is 10.9. The Hall–Kier alpha value is -1.32. The molecule has 0 aliphatic carbocycles. The Labute approximate surface area is 90.2 Å². The molecule has 0 radical (unpaired) electrons. The molecule has 0 fully saturated rings. The van der Waals surface area contributed by atoms with E-state index in [0.29, 0.717) is 32.5 Å². The van der Waals surface area contributed by atoms with Crippen LogP contribution in [0, 0.1) is 0 Å². The molecule has 0 heterocycles. The van der Waals surface area contributed by atoms with Crippen LogP contribution in [0.3, 0.4) is 0 Å². The van der Waals surface area contributed by atoms with Crippen LogP contribution < -0.4 is 0 Å². The van der Waals surface area contributed by atoms with Gasteiger partial charge in [-0.1, -0.05) is 13.5 Å². The lowest BCUT2D eigenvalue weighted by atomic mass is 10.3. The zero-order valence-corrected chi connectivity index (χ0v) is 9.16. The van der Waals surface area contributed by atoms with Gasteiger partial charge < -0.3 is 9.47 Å². The minimum Gasteiger partial charge on any atom is -0.466 e. The minimum absolute atomic E-state index is 0.166. The van der Waals surface area contributed by atoms with E-state index in [4.69, 9.17) is 9.47 Å². The summed E-state index contributed by atoms with van der Waals surface area (Å²) in [5.74, 6) is -0.585. The van der Waals surface area contributed by atoms with Gasteiger partial charge in [-0.05, 0) is 19.3 Å². The van der Waals surface area contributed by atoms with Crippen LogP contribution in [-0.2, 0) is 19.1 Å².